The first kappa shape index (κ1) is 24.3. The largest absolute Gasteiger partial charge is 0.467 e. The zero-order valence-electron chi connectivity index (χ0n) is 19.9. The summed E-state index contributed by atoms with van der Waals surface area (Å²) in [5.74, 6) is -0.488. The van der Waals surface area contributed by atoms with Crippen LogP contribution in [0.25, 0.3) is 0 Å². The Bertz CT molecular complexity index is 1120. The van der Waals surface area contributed by atoms with Gasteiger partial charge in [0.15, 0.2) is 5.76 Å². The van der Waals surface area contributed by atoms with Gasteiger partial charge < -0.3 is 24.4 Å². The van der Waals surface area contributed by atoms with Crippen molar-refractivity contribution < 1.29 is 23.2 Å². The molecule has 0 unspecified atom stereocenters. The second-order valence-electron chi connectivity index (χ2n) is 8.86. The van der Waals surface area contributed by atoms with Crippen LogP contribution in [0.5, 0.6) is 0 Å². The molecule has 1 fully saturated rings. The Morgan fingerprint density at radius 3 is 2.40 bits per heavy atom. The molecule has 0 bridgehead atoms. The summed E-state index contributed by atoms with van der Waals surface area (Å²) < 4.78 is 10.6. The Morgan fingerprint density at radius 1 is 0.971 bits per heavy atom. The van der Waals surface area contributed by atoms with Gasteiger partial charge in [-0.1, -0.05) is 43.5 Å². The molecule has 0 spiro atoms. The maximum absolute atomic E-state index is 13.7. The van der Waals surface area contributed by atoms with Crippen molar-refractivity contribution in [2.45, 2.75) is 57.7 Å². The van der Waals surface area contributed by atoms with Gasteiger partial charge in [0.1, 0.15) is 11.8 Å². The van der Waals surface area contributed by atoms with Crippen molar-refractivity contribution in [2.24, 2.45) is 0 Å². The van der Waals surface area contributed by atoms with Crippen LogP contribution in [0.3, 0.4) is 0 Å². The number of nitrogens with one attached hydrogen (secondary N) is 2. The van der Waals surface area contributed by atoms with Gasteiger partial charge in [-0.2, -0.15) is 0 Å². The van der Waals surface area contributed by atoms with Gasteiger partial charge in [0.2, 0.25) is 11.8 Å². The monoisotopic (exact) mass is 477 g/mol. The maximum atomic E-state index is 13.7. The number of hydrogen-bond acceptors (Lipinski definition) is 5. The van der Waals surface area contributed by atoms with Gasteiger partial charge in [-0.05, 0) is 55.2 Å². The molecule has 184 valence electrons. The summed E-state index contributed by atoms with van der Waals surface area (Å²) >= 11 is 0. The van der Waals surface area contributed by atoms with Crippen LogP contribution in [-0.2, 0) is 16.1 Å². The fourth-order valence-electron chi connectivity index (χ4n) is 4.52. The molecule has 8 nitrogen and oxygen atoms in total. The average Bonchev–Trinajstić information content (AvgIpc) is 3.58. The Morgan fingerprint density at radius 2 is 1.71 bits per heavy atom. The molecule has 1 aromatic carbocycles. The molecule has 0 radical (unpaired) electrons. The third-order valence-electron chi connectivity index (χ3n) is 6.37. The van der Waals surface area contributed by atoms with Crippen molar-refractivity contribution in [3.8, 4) is 0 Å². The molecule has 2 N–H and O–H groups in total. The average molecular weight is 478 g/mol. The first-order valence-electron chi connectivity index (χ1n) is 12.0. The molecule has 3 amide bonds. The summed E-state index contributed by atoms with van der Waals surface area (Å²) in [5, 5.41) is 5.78. The maximum Gasteiger partial charge on any atom is 0.287 e. The minimum absolute atomic E-state index is 0.0829. The van der Waals surface area contributed by atoms with E-state index in [0.29, 0.717) is 5.76 Å². The fraction of sp³-hybridized carbons (Fsp3) is 0.370. The van der Waals surface area contributed by atoms with Crippen LogP contribution in [0.15, 0.2) is 69.9 Å². The number of aryl methyl sites for hydroxylation is 1. The van der Waals surface area contributed by atoms with E-state index in [2.05, 4.69) is 10.6 Å². The Hall–Kier alpha value is -3.81. The van der Waals surface area contributed by atoms with Gasteiger partial charge in [-0.15, -0.1) is 0 Å². The summed E-state index contributed by atoms with van der Waals surface area (Å²) in [5.41, 5.74) is 1.63. The predicted molar refractivity (Wildman–Crippen MR) is 129 cm³/mol. The quantitative estimate of drug-likeness (QED) is 0.482. The number of amides is 3. The molecule has 1 aliphatic rings. The van der Waals surface area contributed by atoms with Gasteiger partial charge in [-0.3, -0.25) is 14.4 Å². The third kappa shape index (κ3) is 6.20. The van der Waals surface area contributed by atoms with Crippen molar-refractivity contribution in [3.05, 3.63) is 83.7 Å². The van der Waals surface area contributed by atoms with Crippen molar-refractivity contribution in [1.82, 2.24) is 15.5 Å². The van der Waals surface area contributed by atoms with E-state index < -0.39 is 17.9 Å². The Labute approximate surface area is 204 Å². The summed E-state index contributed by atoms with van der Waals surface area (Å²) in [6.07, 6.45) is 8.11. The normalized spacial score (nSPS) is 14.8. The van der Waals surface area contributed by atoms with Crippen molar-refractivity contribution in [1.29, 1.82) is 0 Å². The highest BCUT2D eigenvalue weighted by Gasteiger charge is 2.34. The van der Waals surface area contributed by atoms with Crippen LogP contribution in [0.4, 0.5) is 0 Å². The molecular weight excluding hydrogens is 446 g/mol. The minimum Gasteiger partial charge on any atom is -0.467 e. The third-order valence-corrected chi connectivity index (χ3v) is 6.37. The lowest BCUT2D eigenvalue weighted by atomic mass is 9.94. The van der Waals surface area contributed by atoms with E-state index in [1.807, 2.05) is 31.2 Å². The second-order valence-corrected chi connectivity index (χ2v) is 8.86. The smallest absolute Gasteiger partial charge is 0.287 e. The number of nitrogens with zero attached hydrogens (tertiary/aromatic N) is 1. The molecule has 0 aliphatic heterocycles. The molecule has 8 heteroatoms. The molecule has 1 aliphatic carbocycles. The van der Waals surface area contributed by atoms with E-state index in [1.54, 1.807) is 18.2 Å². The summed E-state index contributed by atoms with van der Waals surface area (Å²) in [6.45, 7) is 1.71. The van der Waals surface area contributed by atoms with E-state index in [1.165, 1.54) is 29.9 Å². The van der Waals surface area contributed by atoms with Crippen LogP contribution >= 0.6 is 0 Å². The highest BCUT2D eigenvalue weighted by molar-refractivity contribution is 5.95. The first-order valence-corrected chi connectivity index (χ1v) is 12.0. The van der Waals surface area contributed by atoms with E-state index in [0.717, 1.165) is 36.8 Å². The molecule has 4 rings (SSSR count). The lowest BCUT2D eigenvalue weighted by molar-refractivity contribution is -0.141. The Kier molecular flexibility index (Phi) is 8.03. The number of rotatable bonds is 9. The SMILES string of the molecule is Cc1ccccc1[C@H](C(=O)NC1CCCCC1)N(Cc1ccco1)C(=O)CNC(=O)c1ccco1. The summed E-state index contributed by atoms with van der Waals surface area (Å²) in [7, 11) is 0. The molecule has 35 heavy (non-hydrogen) atoms. The molecule has 2 heterocycles. The fourth-order valence-corrected chi connectivity index (χ4v) is 4.52. The highest BCUT2D eigenvalue weighted by atomic mass is 16.3. The van der Waals surface area contributed by atoms with Gasteiger partial charge in [-0.25, -0.2) is 0 Å². The van der Waals surface area contributed by atoms with Gasteiger partial charge in [0.05, 0.1) is 25.6 Å². The lowest BCUT2D eigenvalue weighted by Gasteiger charge is -2.33. The summed E-state index contributed by atoms with van der Waals surface area (Å²) in [6, 6.07) is 13.4. The number of hydrogen-bond donors (Lipinski definition) is 2. The van der Waals surface area contributed by atoms with E-state index in [4.69, 9.17) is 8.83 Å². The topological polar surface area (TPSA) is 105 Å². The molecule has 2 aromatic heterocycles. The number of carbonyl (C=O) groups is 3. The molecule has 1 saturated carbocycles. The summed E-state index contributed by atoms with van der Waals surface area (Å²) in [4.78, 5) is 41.1. The van der Waals surface area contributed by atoms with Gasteiger partial charge in [0.25, 0.3) is 5.91 Å². The predicted octanol–water partition coefficient (Wildman–Crippen LogP) is 4.13. The van der Waals surface area contributed by atoms with Crippen LogP contribution in [0.2, 0.25) is 0 Å². The highest BCUT2D eigenvalue weighted by Crippen LogP contribution is 2.28. The first-order chi connectivity index (χ1) is 17.0. The lowest BCUT2D eigenvalue weighted by Crippen LogP contribution is -2.49. The molecule has 1 atom stereocenters. The van der Waals surface area contributed by atoms with Crippen LogP contribution in [0.1, 0.15) is 65.6 Å². The second kappa shape index (κ2) is 11.6. The van der Waals surface area contributed by atoms with Crippen LogP contribution in [-0.4, -0.2) is 35.2 Å². The van der Waals surface area contributed by atoms with E-state index in [9.17, 15) is 14.4 Å². The van der Waals surface area contributed by atoms with Gasteiger partial charge >= 0.3 is 0 Å². The molecular formula is C27H31N3O5. The van der Waals surface area contributed by atoms with Crippen molar-refractivity contribution in [3.63, 3.8) is 0 Å². The number of carbonyl (C=O) groups excluding carboxylic acids is 3. The zero-order valence-corrected chi connectivity index (χ0v) is 19.9. The molecule has 3 aromatic rings. The van der Waals surface area contributed by atoms with E-state index >= 15 is 0 Å². The number of benzene rings is 1. The molecule has 0 saturated heterocycles. The standard InChI is InChI=1S/C27H31N3O5/c1-19-9-5-6-13-22(19)25(27(33)29-20-10-3-2-4-11-20)30(18-21-12-7-15-34-21)24(31)17-28-26(32)23-14-8-16-35-23/h5-9,12-16,20,25H,2-4,10-11,17-18H2,1H3,(H,28,32)(H,29,33)/t25-/m1/s1. The van der Waals surface area contributed by atoms with E-state index in [-0.39, 0.29) is 30.8 Å². The van der Waals surface area contributed by atoms with Gasteiger partial charge in [0, 0.05) is 6.04 Å². The van der Waals surface area contributed by atoms with Crippen molar-refractivity contribution >= 4 is 17.7 Å². The van der Waals surface area contributed by atoms with Crippen LogP contribution < -0.4 is 10.6 Å². The zero-order chi connectivity index (χ0) is 24.6. The van der Waals surface area contributed by atoms with Crippen LogP contribution in [0, 0.1) is 6.92 Å². The van der Waals surface area contributed by atoms with Crippen molar-refractivity contribution in [2.75, 3.05) is 6.54 Å². The minimum atomic E-state index is -0.878. The number of furan rings is 2. The Balaban J connectivity index is 1.62.